The average molecular weight is 617 g/mol. The summed E-state index contributed by atoms with van der Waals surface area (Å²) in [6.07, 6.45) is -3.10. The predicted molar refractivity (Wildman–Crippen MR) is 149 cm³/mol. The first-order chi connectivity index (χ1) is 20.7. The Morgan fingerprint density at radius 2 is 1.66 bits per heavy atom. The lowest BCUT2D eigenvalue weighted by atomic mass is 9.37. The molecular formula is C32H40O12. The molecule has 0 radical (unpaired) electrons. The van der Waals surface area contributed by atoms with Crippen LogP contribution in [-0.4, -0.2) is 79.0 Å². The zero-order valence-corrected chi connectivity index (χ0v) is 25.8. The molecule has 0 spiro atoms. The summed E-state index contributed by atoms with van der Waals surface area (Å²) in [5.41, 5.74) is -3.71. The van der Waals surface area contributed by atoms with Gasteiger partial charge in [0, 0.05) is 50.0 Å². The summed E-state index contributed by atoms with van der Waals surface area (Å²) < 4.78 is 40.6. The van der Waals surface area contributed by atoms with E-state index >= 15 is 0 Å². The smallest absolute Gasteiger partial charge is 0.338 e. The zero-order valence-electron chi connectivity index (χ0n) is 25.8. The van der Waals surface area contributed by atoms with Crippen LogP contribution in [0.4, 0.5) is 0 Å². The number of methoxy groups -OCH3 is 1. The molecular weight excluding hydrogens is 576 g/mol. The topological polar surface area (TPSA) is 153 Å². The second kappa shape index (κ2) is 10.7. The molecule has 1 N–H and O–H groups in total. The minimum atomic E-state index is -1.72. The van der Waals surface area contributed by atoms with E-state index in [0.29, 0.717) is 30.8 Å². The van der Waals surface area contributed by atoms with Gasteiger partial charge in [0.2, 0.25) is 6.79 Å². The second-order valence-electron chi connectivity index (χ2n) is 13.4. The molecule has 1 saturated heterocycles. The van der Waals surface area contributed by atoms with Gasteiger partial charge in [0.05, 0.1) is 11.7 Å². The number of hydrogen-bond acceptors (Lipinski definition) is 12. The van der Waals surface area contributed by atoms with Crippen molar-refractivity contribution in [1.82, 2.24) is 0 Å². The molecule has 0 bridgehead atoms. The van der Waals surface area contributed by atoms with Gasteiger partial charge in [-0.25, -0.2) is 4.79 Å². The quantitative estimate of drug-likeness (QED) is 0.382. The Morgan fingerprint density at radius 3 is 2.34 bits per heavy atom. The van der Waals surface area contributed by atoms with Gasteiger partial charge in [-0.05, 0) is 50.3 Å². The van der Waals surface area contributed by atoms with Crippen molar-refractivity contribution in [3.63, 3.8) is 0 Å². The van der Waals surface area contributed by atoms with E-state index in [-0.39, 0.29) is 30.5 Å². The fraction of sp³-hybridized carbons (Fsp3) is 0.688. The largest absolute Gasteiger partial charge is 0.455 e. The van der Waals surface area contributed by atoms with E-state index in [0.717, 1.165) is 0 Å². The number of fused-ring (bicyclic) bond motifs is 3. The van der Waals surface area contributed by atoms with E-state index in [1.165, 1.54) is 33.1 Å². The van der Waals surface area contributed by atoms with Crippen molar-refractivity contribution in [2.45, 2.75) is 96.6 Å². The van der Waals surface area contributed by atoms with E-state index in [4.69, 9.17) is 33.2 Å². The Kier molecular flexibility index (Phi) is 7.49. The highest BCUT2D eigenvalue weighted by Crippen LogP contribution is 2.69. The number of aliphatic hydroxyl groups is 1. The van der Waals surface area contributed by atoms with Crippen molar-refractivity contribution in [3.8, 4) is 11.5 Å². The maximum atomic E-state index is 14.5. The number of rotatable bonds is 5. The molecule has 44 heavy (non-hydrogen) atoms. The van der Waals surface area contributed by atoms with E-state index < -0.39 is 76.9 Å². The standard InChI is InChI=1S/C32H40O12/c1-15(33)41-20-10-8-18-12-23-31(4)22(13-24(38-6)43-23)32(5,37)28(42-16(2)34)25(26(31)30(18,3)27(20)35)44-29(36)17-7-9-19-21(11-17)40-14-39-19/h7,9,11,18,20,22-26,28,37H,8,10,12-14H2,1-6H3. The molecule has 2 heterocycles. The van der Waals surface area contributed by atoms with Crippen LogP contribution in [0.5, 0.6) is 11.5 Å². The molecule has 5 aliphatic rings. The van der Waals surface area contributed by atoms with Crippen LogP contribution in [0.1, 0.15) is 70.7 Å². The van der Waals surface area contributed by atoms with Crippen LogP contribution in [0.15, 0.2) is 18.2 Å². The fourth-order valence-electron chi connectivity index (χ4n) is 9.23. The van der Waals surface area contributed by atoms with Gasteiger partial charge in [0.15, 0.2) is 35.8 Å². The lowest BCUT2D eigenvalue weighted by Gasteiger charge is -2.70. The van der Waals surface area contributed by atoms with Gasteiger partial charge >= 0.3 is 17.9 Å². The van der Waals surface area contributed by atoms with Gasteiger partial charge in [0.25, 0.3) is 0 Å². The molecule has 3 saturated carbocycles. The first-order valence-electron chi connectivity index (χ1n) is 15.1. The summed E-state index contributed by atoms with van der Waals surface area (Å²) >= 11 is 0. The summed E-state index contributed by atoms with van der Waals surface area (Å²) in [5.74, 6) is -3.05. The maximum Gasteiger partial charge on any atom is 0.338 e. The summed E-state index contributed by atoms with van der Waals surface area (Å²) in [4.78, 5) is 53.0. The Labute approximate surface area is 255 Å². The molecule has 0 aromatic heterocycles. The van der Waals surface area contributed by atoms with Crippen LogP contribution in [0.3, 0.4) is 0 Å². The molecule has 1 aromatic carbocycles. The number of ketones is 1. The number of hydrogen-bond donors (Lipinski definition) is 1. The molecule has 12 heteroatoms. The Hall–Kier alpha value is -3.22. The minimum absolute atomic E-state index is 0.0187. The Morgan fingerprint density at radius 1 is 0.955 bits per heavy atom. The van der Waals surface area contributed by atoms with Crippen molar-refractivity contribution in [3.05, 3.63) is 23.8 Å². The SMILES string of the molecule is COC1CC2C(C)(O)C(OC(C)=O)C(OC(=O)c3ccc4c(c3)OCO4)C3C4(C)C(=O)C(OC(C)=O)CCC4CC(O1)C23C. The van der Waals surface area contributed by atoms with Gasteiger partial charge in [-0.3, -0.25) is 14.4 Å². The van der Waals surface area contributed by atoms with E-state index in [1.54, 1.807) is 13.0 Å². The van der Waals surface area contributed by atoms with Gasteiger partial charge < -0.3 is 38.3 Å². The summed E-state index contributed by atoms with van der Waals surface area (Å²) in [7, 11) is 1.53. The average Bonchev–Trinajstić information content (AvgIpc) is 3.43. The predicted octanol–water partition coefficient (Wildman–Crippen LogP) is 2.96. The number of carbonyl (C=O) groups excluding carboxylic acids is 4. The van der Waals surface area contributed by atoms with Crippen LogP contribution in [-0.2, 0) is 38.1 Å². The molecule has 12 nitrogen and oxygen atoms in total. The van der Waals surface area contributed by atoms with Crippen molar-refractivity contribution in [1.29, 1.82) is 0 Å². The molecule has 11 unspecified atom stereocenters. The Balaban J connectivity index is 1.51. The minimum Gasteiger partial charge on any atom is -0.455 e. The van der Waals surface area contributed by atoms with Gasteiger partial charge in [0.1, 0.15) is 11.7 Å². The number of ether oxygens (including phenoxy) is 7. The molecule has 1 aromatic rings. The lowest BCUT2D eigenvalue weighted by Crippen LogP contribution is -2.79. The first kappa shape index (κ1) is 30.8. The highest BCUT2D eigenvalue weighted by atomic mass is 16.7. The molecule has 2 aliphatic heterocycles. The van der Waals surface area contributed by atoms with Crippen molar-refractivity contribution in [2.24, 2.45) is 28.6 Å². The third-order valence-corrected chi connectivity index (χ3v) is 11.1. The second-order valence-corrected chi connectivity index (χ2v) is 13.4. The highest BCUT2D eigenvalue weighted by molar-refractivity contribution is 5.93. The molecule has 240 valence electrons. The normalized spacial score (nSPS) is 42.0. The van der Waals surface area contributed by atoms with Crippen molar-refractivity contribution < 1.29 is 57.4 Å². The lowest BCUT2D eigenvalue weighted by molar-refractivity contribution is -0.355. The number of Topliss-reactive ketones (excluding diaryl/α,β-unsaturated/α-hetero) is 1. The number of carbonyl (C=O) groups is 4. The Bertz CT molecular complexity index is 1370. The van der Waals surface area contributed by atoms with Crippen LogP contribution in [0.2, 0.25) is 0 Å². The first-order valence-corrected chi connectivity index (χ1v) is 15.1. The maximum absolute atomic E-state index is 14.5. The highest BCUT2D eigenvalue weighted by Gasteiger charge is 2.76. The molecule has 11 atom stereocenters. The van der Waals surface area contributed by atoms with Gasteiger partial charge in [-0.2, -0.15) is 0 Å². The van der Waals surface area contributed by atoms with Crippen LogP contribution >= 0.6 is 0 Å². The summed E-state index contributed by atoms with van der Waals surface area (Å²) in [5, 5.41) is 12.3. The third kappa shape index (κ3) is 4.51. The van der Waals surface area contributed by atoms with Crippen molar-refractivity contribution in [2.75, 3.05) is 13.9 Å². The molecule has 6 rings (SSSR count). The van der Waals surface area contributed by atoms with Crippen molar-refractivity contribution >= 4 is 23.7 Å². The van der Waals surface area contributed by atoms with Crippen LogP contribution < -0.4 is 9.47 Å². The molecule has 0 amide bonds. The van der Waals surface area contributed by atoms with E-state index in [2.05, 4.69) is 0 Å². The van der Waals surface area contributed by atoms with Crippen LogP contribution in [0, 0.1) is 28.6 Å². The summed E-state index contributed by atoms with van der Waals surface area (Å²) in [6, 6.07) is 4.63. The molecule has 3 aliphatic carbocycles. The van der Waals surface area contributed by atoms with E-state index in [9.17, 15) is 24.3 Å². The van der Waals surface area contributed by atoms with Gasteiger partial charge in [-0.1, -0.05) is 13.8 Å². The zero-order chi connectivity index (χ0) is 31.8. The fourth-order valence-corrected chi connectivity index (χ4v) is 9.23. The molecule has 4 fully saturated rings. The van der Waals surface area contributed by atoms with E-state index in [1.807, 2.05) is 13.8 Å². The third-order valence-electron chi connectivity index (χ3n) is 11.1. The van der Waals surface area contributed by atoms with Crippen LogP contribution in [0.25, 0.3) is 0 Å². The number of esters is 3. The number of benzene rings is 1. The monoisotopic (exact) mass is 616 g/mol. The summed E-state index contributed by atoms with van der Waals surface area (Å²) in [6.45, 7) is 7.85. The van der Waals surface area contributed by atoms with Gasteiger partial charge in [-0.15, -0.1) is 0 Å².